The maximum Gasteiger partial charge on any atom is 0.419 e. The molecular formula is C11H6F3NO2. The predicted molar refractivity (Wildman–Crippen MR) is 56.1 cm³/mol. The number of phenolic OH excluding ortho intramolecular Hbond substituents is 1. The fourth-order valence-corrected chi connectivity index (χ4v) is 1.67. The number of hydrogen-bond acceptors (Lipinski definition) is 3. The average molecular weight is 241 g/mol. The molecule has 0 aliphatic rings. The van der Waals surface area contributed by atoms with E-state index in [-0.39, 0.29) is 16.5 Å². The van der Waals surface area contributed by atoms with E-state index in [4.69, 9.17) is 0 Å². The number of hydrogen-bond donors (Lipinski definition) is 1. The molecule has 0 aromatic heterocycles. The molecule has 88 valence electrons. The van der Waals surface area contributed by atoms with E-state index in [0.29, 0.717) is 0 Å². The van der Waals surface area contributed by atoms with Crippen LogP contribution in [0.2, 0.25) is 0 Å². The Morgan fingerprint density at radius 3 is 2.35 bits per heavy atom. The number of nitroso groups, excluding NO2 is 1. The van der Waals surface area contributed by atoms with Gasteiger partial charge in [-0.3, -0.25) is 0 Å². The average Bonchev–Trinajstić information content (AvgIpc) is 2.25. The zero-order valence-electron chi connectivity index (χ0n) is 8.32. The van der Waals surface area contributed by atoms with Gasteiger partial charge in [-0.15, -0.1) is 4.91 Å². The van der Waals surface area contributed by atoms with E-state index < -0.39 is 17.4 Å². The van der Waals surface area contributed by atoms with Crippen LogP contribution >= 0.6 is 0 Å². The van der Waals surface area contributed by atoms with Gasteiger partial charge in [-0.05, 0) is 34.1 Å². The van der Waals surface area contributed by atoms with Crippen LogP contribution in [0, 0.1) is 4.91 Å². The number of halogens is 3. The topological polar surface area (TPSA) is 49.7 Å². The molecular weight excluding hydrogens is 235 g/mol. The highest BCUT2D eigenvalue weighted by Gasteiger charge is 2.36. The lowest BCUT2D eigenvalue weighted by Crippen LogP contribution is -2.06. The van der Waals surface area contributed by atoms with Crippen LogP contribution in [0.3, 0.4) is 0 Å². The number of rotatable bonds is 1. The van der Waals surface area contributed by atoms with Gasteiger partial charge in [0.05, 0.1) is 5.56 Å². The van der Waals surface area contributed by atoms with Crippen LogP contribution in [-0.4, -0.2) is 5.11 Å². The van der Waals surface area contributed by atoms with Gasteiger partial charge >= 0.3 is 6.18 Å². The van der Waals surface area contributed by atoms with Crippen LogP contribution in [0.5, 0.6) is 5.75 Å². The molecule has 0 spiro atoms. The summed E-state index contributed by atoms with van der Waals surface area (Å²) in [4.78, 5) is 10.4. The molecule has 0 aliphatic heterocycles. The molecule has 2 rings (SSSR count). The number of alkyl halides is 3. The molecule has 0 saturated carbocycles. The minimum atomic E-state index is -4.70. The van der Waals surface area contributed by atoms with Gasteiger partial charge in [0.15, 0.2) is 0 Å². The molecule has 1 N–H and O–H groups in total. The number of nitrogens with zero attached hydrogens (tertiary/aromatic N) is 1. The largest absolute Gasteiger partial charge is 0.508 e. The Morgan fingerprint density at radius 1 is 1.12 bits per heavy atom. The van der Waals surface area contributed by atoms with Crippen molar-refractivity contribution in [2.75, 3.05) is 0 Å². The maximum absolute atomic E-state index is 12.8. The second-order valence-electron chi connectivity index (χ2n) is 3.45. The van der Waals surface area contributed by atoms with E-state index in [1.54, 1.807) is 0 Å². The van der Waals surface area contributed by atoms with Crippen molar-refractivity contribution in [3.8, 4) is 5.75 Å². The molecule has 2 aromatic carbocycles. The number of aromatic hydroxyl groups is 1. The number of benzene rings is 2. The first kappa shape index (κ1) is 11.4. The van der Waals surface area contributed by atoms with Gasteiger partial charge in [0.25, 0.3) is 0 Å². The van der Waals surface area contributed by atoms with Gasteiger partial charge in [-0.1, -0.05) is 12.1 Å². The highest BCUT2D eigenvalue weighted by Crippen LogP contribution is 2.41. The second kappa shape index (κ2) is 3.73. The first-order chi connectivity index (χ1) is 7.93. The fourth-order valence-electron chi connectivity index (χ4n) is 1.67. The zero-order chi connectivity index (χ0) is 12.6. The molecule has 3 nitrogen and oxygen atoms in total. The third kappa shape index (κ3) is 1.93. The molecule has 17 heavy (non-hydrogen) atoms. The minimum absolute atomic E-state index is 0.241. The van der Waals surface area contributed by atoms with Gasteiger partial charge in [0.2, 0.25) is 0 Å². The highest BCUT2D eigenvalue weighted by atomic mass is 19.4. The van der Waals surface area contributed by atoms with E-state index in [0.717, 1.165) is 12.1 Å². The Hall–Kier alpha value is -2.11. The molecule has 0 aliphatic carbocycles. The smallest absolute Gasteiger partial charge is 0.419 e. The van der Waals surface area contributed by atoms with Crippen LogP contribution in [0.15, 0.2) is 35.5 Å². The molecule has 0 amide bonds. The predicted octanol–water partition coefficient (Wildman–Crippen LogP) is 3.96. The SMILES string of the molecule is O=Nc1ccc2ccc(O)cc2c1C(F)(F)F. The molecule has 0 radical (unpaired) electrons. The first-order valence-corrected chi connectivity index (χ1v) is 4.60. The van der Waals surface area contributed by atoms with Crippen LogP contribution in [0.4, 0.5) is 18.9 Å². The van der Waals surface area contributed by atoms with Gasteiger partial charge < -0.3 is 5.11 Å². The van der Waals surface area contributed by atoms with Crippen molar-refractivity contribution in [2.24, 2.45) is 5.18 Å². The lowest BCUT2D eigenvalue weighted by molar-refractivity contribution is -0.135. The van der Waals surface area contributed by atoms with Crippen molar-refractivity contribution in [1.29, 1.82) is 0 Å². The summed E-state index contributed by atoms with van der Waals surface area (Å²) < 4.78 is 38.4. The van der Waals surface area contributed by atoms with Crippen LogP contribution in [0.1, 0.15) is 5.56 Å². The van der Waals surface area contributed by atoms with Gasteiger partial charge in [-0.2, -0.15) is 13.2 Å². The second-order valence-corrected chi connectivity index (χ2v) is 3.45. The Labute approximate surface area is 93.5 Å². The van der Waals surface area contributed by atoms with Crippen molar-refractivity contribution in [3.05, 3.63) is 40.8 Å². The summed E-state index contributed by atoms with van der Waals surface area (Å²) in [6, 6.07) is 5.94. The standard InChI is InChI=1S/C11H6F3NO2/c12-11(13,14)10-8-5-7(16)3-1-6(8)2-4-9(10)15-17/h1-5,16H. The summed E-state index contributed by atoms with van der Waals surface area (Å²) in [6.07, 6.45) is -4.70. The normalized spacial score (nSPS) is 11.7. The molecule has 0 atom stereocenters. The quantitative estimate of drug-likeness (QED) is 0.768. The maximum atomic E-state index is 12.8. The van der Waals surface area contributed by atoms with Crippen molar-refractivity contribution in [2.45, 2.75) is 6.18 Å². The van der Waals surface area contributed by atoms with E-state index in [9.17, 15) is 23.2 Å². The lowest BCUT2D eigenvalue weighted by Gasteiger charge is -2.12. The Kier molecular flexibility index (Phi) is 2.49. The lowest BCUT2D eigenvalue weighted by atomic mass is 10.0. The van der Waals surface area contributed by atoms with Crippen molar-refractivity contribution >= 4 is 16.5 Å². The van der Waals surface area contributed by atoms with E-state index in [1.165, 1.54) is 18.2 Å². The first-order valence-electron chi connectivity index (χ1n) is 4.60. The minimum Gasteiger partial charge on any atom is -0.508 e. The molecule has 0 fully saturated rings. The highest BCUT2D eigenvalue weighted by molar-refractivity contribution is 5.91. The Balaban J connectivity index is 2.92. The van der Waals surface area contributed by atoms with Gasteiger partial charge in [0.1, 0.15) is 11.4 Å². The number of fused-ring (bicyclic) bond motifs is 1. The third-order valence-corrected chi connectivity index (χ3v) is 2.36. The van der Waals surface area contributed by atoms with Crippen LogP contribution in [-0.2, 0) is 6.18 Å². The summed E-state index contributed by atoms with van der Waals surface area (Å²) in [5.41, 5.74) is -1.81. The van der Waals surface area contributed by atoms with Gasteiger partial charge in [0, 0.05) is 0 Å². The Morgan fingerprint density at radius 2 is 1.76 bits per heavy atom. The summed E-state index contributed by atoms with van der Waals surface area (Å²) >= 11 is 0. The van der Waals surface area contributed by atoms with Crippen LogP contribution < -0.4 is 0 Å². The summed E-state index contributed by atoms with van der Waals surface area (Å²) in [6.45, 7) is 0. The molecule has 0 unspecified atom stereocenters. The third-order valence-electron chi connectivity index (χ3n) is 2.36. The monoisotopic (exact) mass is 241 g/mol. The molecule has 2 aromatic rings. The number of phenols is 1. The van der Waals surface area contributed by atoms with Crippen LogP contribution in [0.25, 0.3) is 10.8 Å². The molecule has 0 bridgehead atoms. The van der Waals surface area contributed by atoms with E-state index in [2.05, 4.69) is 5.18 Å². The van der Waals surface area contributed by atoms with Crippen molar-refractivity contribution in [1.82, 2.24) is 0 Å². The van der Waals surface area contributed by atoms with E-state index >= 15 is 0 Å². The zero-order valence-corrected chi connectivity index (χ0v) is 8.32. The summed E-state index contributed by atoms with van der Waals surface area (Å²) in [5, 5.41) is 11.6. The van der Waals surface area contributed by atoms with Crippen molar-refractivity contribution in [3.63, 3.8) is 0 Å². The molecule has 0 saturated heterocycles. The fraction of sp³-hybridized carbons (Fsp3) is 0.0909. The van der Waals surface area contributed by atoms with Crippen molar-refractivity contribution < 1.29 is 18.3 Å². The molecule has 0 heterocycles. The summed E-state index contributed by atoms with van der Waals surface area (Å²) in [5.74, 6) is -0.300. The summed E-state index contributed by atoms with van der Waals surface area (Å²) in [7, 11) is 0. The van der Waals surface area contributed by atoms with E-state index in [1.807, 2.05) is 0 Å². The van der Waals surface area contributed by atoms with Gasteiger partial charge in [-0.25, -0.2) is 0 Å². The molecule has 6 heteroatoms. The Bertz CT molecular complexity index is 593.